The molecule has 2 aromatic carbocycles. The summed E-state index contributed by atoms with van der Waals surface area (Å²) >= 11 is 11.9. The number of hydrogen-bond acceptors (Lipinski definition) is 3. The molecule has 0 amide bonds. The first-order valence-electron chi connectivity index (χ1n) is 7.60. The van der Waals surface area contributed by atoms with Gasteiger partial charge in [-0.3, -0.25) is 4.90 Å². The van der Waals surface area contributed by atoms with E-state index in [9.17, 15) is 10.2 Å². The lowest BCUT2D eigenvalue weighted by atomic mass is 9.94. The van der Waals surface area contributed by atoms with Crippen molar-refractivity contribution in [2.75, 3.05) is 19.7 Å². The maximum absolute atomic E-state index is 10.9. The van der Waals surface area contributed by atoms with Gasteiger partial charge in [-0.2, -0.15) is 0 Å². The fraction of sp³-hybridized carbons (Fsp3) is 0.333. The number of nitrogens with zero attached hydrogens (tertiary/aromatic N) is 1. The largest absolute Gasteiger partial charge is 0.395 e. The van der Waals surface area contributed by atoms with Crippen LogP contribution in [0.2, 0.25) is 10.0 Å². The van der Waals surface area contributed by atoms with E-state index in [2.05, 4.69) is 0 Å². The maximum Gasteiger partial charge on any atom is 0.0986 e. The first-order chi connectivity index (χ1) is 11.1. The zero-order chi connectivity index (χ0) is 16.8. The number of aliphatic hydroxyl groups is 2. The Morgan fingerprint density at radius 3 is 1.79 bits per heavy atom. The quantitative estimate of drug-likeness (QED) is 0.731. The second kappa shape index (κ2) is 10.2. The molecule has 2 atom stereocenters. The van der Waals surface area contributed by atoms with Crippen LogP contribution in [0.4, 0.5) is 0 Å². The molecule has 0 aliphatic carbocycles. The fourth-order valence-electron chi connectivity index (χ4n) is 2.72. The SMILES string of the molecule is CCN(CCO)C(c1ccc(Cl)cc1)C(O)c1ccc(Cl)cc1.Cl. The normalized spacial score (nSPS) is 13.4. The van der Waals surface area contributed by atoms with Crippen molar-refractivity contribution in [1.29, 1.82) is 0 Å². The Morgan fingerprint density at radius 2 is 1.38 bits per heavy atom. The Morgan fingerprint density at radius 1 is 0.917 bits per heavy atom. The molecule has 0 saturated heterocycles. The van der Waals surface area contributed by atoms with Gasteiger partial charge >= 0.3 is 0 Å². The van der Waals surface area contributed by atoms with Crippen LogP contribution in [0, 0.1) is 0 Å². The third-order valence-corrected chi connectivity index (χ3v) is 4.41. The van der Waals surface area contributed by atoms with Gasteiger partial charge in [-0.1, -0.05) is 54.4 Å². The molecule has 6 heteroatoms. The summed E-state index contributed by atoms with van der Waals surface area (Å²) in [5, 5.41) is 21.5. The van der Waals surface area contributed by atoms with E-state index in [1.54, 1.807) is 12.1 Å². The van der Waals surface area contributed by atoms with Gasteiger partial charge in [0, 0.05) is 16.6 Å². The van der Waals surface area contributed by atoms with Crippen LogP contribution < -0.4 is 0 Å². The molecule has 132 valence electrons. The Hall–Kier alpha value is -0.810. The van der Waals surface area contributed by atoms with E-state index in [0.29, 0.717) is 23.1 Å². The standard InChI is InChI=1S/C18H21Cl2NO2.ClH/c1-2-21(11-12-22)17(13-3-7-15(19)8-4-13)18(23)14-5-9-16(20)10-6-14;/h3-10,17-18,22-23H,2,11-12H2,1H3;1H. The van der Waals surface area contributed by atoms with Crippen LogP contribution >= 0.6 is 35.6 Å². The second-order valence-corrected chi connectivity index (χ2v) is 6.22. The van der Waals surface area contributed by atoms with E-state index < -0.39 is 6.10 Å². The number of hydrogen-bond donors (Lipinski definition) is 2. The summed E-state index contributed by atoms with van der Waals surface area (Å²) in [5.41, 5.74) is 1.73. The average molecular weight is 391 g/mol. The first-order valence-corrected chi connectivity index (χ1v) is 8.36. The summed E-state index contributed by atoms with van der Waals surface area (Å²) in [6, 6.07) is 14.3. The molecule has 2 N–H and O–H groups in total. The molecule has 0 aliphatic rings. The van der Waals surface area contributed by atoms with Crippen molar-refractivity contribution in [2.24, 2.45) is 0 Å². The molecule has 2 aromatic rings. The molecule has 0 saturated carbocycles. The van der Waals surface area contributed by atoms with Crippen LogP contribution in [0.25, 0.3) is 0 Å². The summed E-state index contributed by atoms with van der Waals surface area (Å²) in [5.74, 6) is 0. The predicted octanol–water partition coefficient (Wildman–Crippen LogP) is 4.50. The third-order valence-electron chi connectivity index (χ3n) is 3.91. The van der Waals surface area contributed by atoms with Gasteiger partial charge < -0.3 is 10.2 Å². The smallest absolute Gasteiger partial charge is 0.0986 e. The minimum absolute atomic E-state index is 0. The molecular formula is C18H22Cl3NO2. The number of halogens is 3. The molecule has 0 aliphatic heterocycles. The molecule has 2 rings (SSSR count). The lowest BCUT2D eigenvalue weighted by molar-refractivity contribution is 0.0404. The Bertz CT molecular complexity index is 605. The van der Waals surface area contributed by atoms with Crippen molar-refractivity contribution in [3.05, 3.63) is 69.7 Å². The summed E-state index contributed by atoms with van der Waals surface area (Å²) in [4.78, 5) is 2.04. The van der Waals surface area contributed by atoms with Crippen molar-refractivity contribution in [2.45, 2.75) is 19.1 Å². The molecule has 0 fully saturated rings. The molecule has 0 heterocycles. The Labute approximate surface area is 159 Å². The molecular weight excluding hydrogens is 369 g/mol. The molecule has 0 bridgehead atoms. The van der Waals surface area contributed by atoms with Gasteiger partial charge in [0.1, 0.15) is 0 Å². The molecule has 3 nitrogen and oxygen atoms in total. The highest BCUT2D eigenvalue weighted by molar-refractivity contribution is 6.30. The number of benzene rings is 2. The van der Waals surface area contributed by atoms with E-state index in [4.69, 9.17) is 23.2 Å². The topological polar surface area (TPSA) is 43.7 Å². The molecule has 0 aromatic heterocycles. The van der Waals surface area contributed by atoms with Crippen molar-refractivity contribution in [1.82, 2.24) is 4.90 Å². The van der Waals surface area contributed by atoms with Gasteiger partial charge in [0.05, 0.1) is 18.8 Å². The number of likely N-dealkylation sites (N-methyl/N-ethyl adjacent to an activating group) is 1. The zero-order valence-corrected chi connectivity index (χ0v) is 15.7. The van der Waals surface area contributed by atoms with E-state index in [0.717, 1.165) is 11.1 Å². The van der Waals surface area contributed by atoms with Crippen LogP contribution in [-0.4, -0.2) is 34.8 Å². The van der Waals surface area contributed by atoms with Crippen LogP contribution in [0.15, 0.2) is 48.5 Å². The summed E-state index contributed by atoms with van der Waals surface area (Å²) in [7, 11) is 0. The van der Waals surface area contributed by atoms with Gasteiger partial charge in [-0.15, -0.1) is 12.4 Å². The molecule has 0 radical (unpaired) electrons. The van der Waals surface area contributed by atoms with Crippen molar-refractivity contribution in [3.63, 3.8) is 0 Å². The zero-order valence-electron chi connectivity index (χ0n) is 13.4. The molecule has 24 heavy (non-hydrogen) atoms. The van der Waals surface area contributed by atoms with E-state index in [-0.39, 0.29) is 25.1 Å². The molecule has 0 spiro atoms. The maximum atomic E-state index is 10.9. The Balaban J connectivity index is 0.00000288. The van der Waals surface area contributed by atoms with Gasteiger partial charge in [-0.25, -0.2) is 0 Å². The highest BCUT2D eigenvalue weighted by Gasteiger charge is 2.27. The highest BCUT2D eigenvalue weighted by atomic mass is 35.5. The summed E-state index contributed by atoms with van der Waals surface area (Å²) in [6.07, 6.45) is -0.736. The third kappa shape index (κ3) is 5.35. The monoisotopic (exact) mass is 389 g/mol. The minimum atomic E-state index is -0.736. The van der Waals surface area contributed by atoms with Crippen molar-refractivity contribution >= 4 is 35.6 Å². The first kappa shape index (κ1) is 21.2. The summed E-state index contributed by atoms with van der Waals surface area (Å²) < 4.78 is 0. The van der Waals surface area contributed by atoms with Crippen molar-refractivity contribution in [3.8, 4) is 0 Å². The minimum Gasteiger partial charge on any atom is -0.395 e. The second-order valence-electron chi connectivity index (χ2n) is 5.34. The average Bonchev–Trinajstić information content (AvgIpc) is 2.56. The lowest BCUT2D eigenvalue weighted by Crippen LogP contribution is -2.35. The van der Waals surface area contributed by atoms with Gasteiger partial charge in [0.15, 0.2) is 0 Å². The van der Waals surface area contributed by atoms with Gasteiger partial charge in [0.25, 0.3) is 0 Å². The fourth-order valence-corrected chi connectivity index (χ4v) is 2.97. The number of rotatable bonds is 7. The predicted molar refractivity (Wildman–Crippen MR) is 102 cm³/mol. The van der Waals surface area contributed by atoms with Crippen LogP contribution in [0.5, 0.6) is 0 Å². The number of aliphatic hydroxyl groups excluding tert-OH is 2. The van der Waals surface area contributed by atoms with E-state index in [1.807, 2.05) is 48.2 Å². The molecule has 2 unspecified atom stereocenters. The van der Waals surface area contributed by atoms with Crippen LogP contribution in [0.1, 0.15) is 30.2 Å². The van der Waals surface area contributed by atoms with Crippen LogP contribution in [-0.2, 0) is 0 Å². The lowest BCUT2D eigenvalue weighted by Gasteiger charge is -2.34. The Kier molecular flexibility index (Phi) is 9.06. The van der Waals surface area contributed by atoms with Gasteiger partial charge in [-0.05, 0) is 41.9 Å². The van der Waals surface area contributed by atoms with E-state index >= 15 is 0 Å². The summed E-state index contributed by atoms with van der Waals surface area (Å²) in [6.45, 7) is 3.23. The van der Waals surface area contributed by atoms with Crippen molar-refractivity contribution < 1.29 is 10.2 Å². The van der Waals surface area contributed by atoms with Gasteiger partial charge in [0.2, 0.25) is 0 Å². The highest BCUT2D eigenvalue weighted by Crippen LogP contribution is 2.34. The van der Waals surface area contributed by atoms with Crippen LogP contribution in [0.3, 0.4) is 0 Å². The van der Waals surface area contributed by atoms with E-state index in [1.165, 1.54) is 0 Å².